The molecule has 2 heterocycles. The van der Waals surface area contributed by atoms with E-state index in [1.807, 2.05) is 41.3 Å². The fourth-order valence-electron chi connectivity index (χ4n) is 3.77. The van der Waals surface area contributed by atoms with Crippen molar-refractivity contribution in [2.75, 3.05) is 36.4 Å². The number of hydrogen-bond acceptors (Lipinski definition) is 4. The lowest BCUT2D eigenvalue weighted by atomic mass is 10.2. The molecular weight excluding hydrogens is 340 g/mol. The number of carbonyl (C=O) groups is 1. The summed E-state index contributed by atoms with van der Waals surface area (Å²) in [6.07, 6.45) is 8.65. The molecule has 0 radical (unpaired) electrons. The summed E-state index contributed by atoms with van der Waals surface area (Å²) < 4.78 is 6.03. The van der Waals surface area contributed by atoms with Gasteiger partial charge in [0.1, 0.15) is 5.75 Å². The van der Waals surface area contributed by atoms with Gasteiger partial charge in [0, 0.05) is 56.0 Å². The predicted molar refractivity (Wildman–Crippen MR) is 106 cm³/mol. The highest BCUT2D eigenvalue weighted by atomic mass is 16.5. The van der Waals surface area contributed by atoms with Gasteiger partial charge in [0.05, 0.1) is 6.10 Å². The van der Waals surface area contributed by atoms with Crippen LogP contribution in [0.2, 0.25) is 0 Å². The van der Waals surface area contributed by atoms with Crippen LogP contribution in [0, 0.1) is 0 Å². The van der Waals surface area contributed by atoms with E-state index in [2.05, 4.69) is 15.2 Å². The van der Waals surface area contributed by atoms with Crippen molar-refractivity contribution < 1.29 is 9.53 Å². The van der Waals surface area contributed by atoms with Gasteiger partial charge in [-0.2, -0.15) is 0 Å². The largest absolute Gasteiger partial charge is 0.490 e. The van der Waals surface area contributed by atoms with E-state index in [4.69, 9.17) is 4.74 Å². The molecule has 0 atom stereocenters. The Kier molecular flexibility index (Phi) is 5.42. The van der Waals surface area contributed by atoms with Crippen molar-refractivity contribution in [2.45, 2.75) is 31.8 Å². The molecule has 2 amide bonds. The minimum Gasteiger partial charge on any atom is -0.490 e. The van der Waals surface area contributed by atoms with Crippen molar-refractivity contribution in [3.8, 4) is 5.75 Å². The molecule has 1 aromatic heterocycles. The first-order chi connectivity index (χ1) is 13.3. The lowest BCUT2D eigenvalue weighted by Crippen LogP contribution is -2.50. The predicted octanol–water partition coefficient (Wildman–Crippen LogP) is 3.76. The van der Waals surface area contributed by atoms with E-state index in [0.29, 0.717) is 19.2 Å². The second-order valence-electron chi connectivity index (χ2n) is 7.16. The molecular formula is C21H26N4O2. The number of urea groups is 1. The van der Waals surface area contributed by atoms with Gasteiger partial charge in [-0.15, -0.1) is 0 Å². The second kappa shape index (κ2) is 8.29. The quantitative estimate of drug-likeness (QED) is 0.895. The number of carbonyl (C=O) groups excluding carboxylic acids is 1. The van der Waals surface area contributed by atoms with Crippen molar-refractivity contribution >= 4 is 17.4 Å². The van der Waals surface area contributed by atoms with Crippen molar-refractivity contribution in [3.63, 3.8) is 0 Å². The molecule has 4 rings (SSSR count). The summed E-state index contributed by atoms with van der Waals surface area (Å²) in [4.78, 5) is 20.8. The first kappa shape index (κ1) is 17.6. The average molecular weight is 366 g/mol. The normalized spacial score (nSPS) is 17.8. The molecule has 6 nitrogen and oxygen atoms in total. The molecule has 6 heteroatoms. The van der Waals surface area contributed by atoms with E-state index in [0.717, 1.165) is 43.1 Å². The first-order valence-corrected chi connectivity index (χ1v) is 9.75. The molecule has 1 aliphatic heterocycles. The van der Waals surface area contributed by atoms with E-state index in [9.17, 15) is 4.79 Å². The maximum atomic E-state index is 12.6. The SMILES string of the molecule is O=C(Nc1cccc(OC2CCCC2)c1)N1CCN(c2ccncc2)CC1. The Morgan fingerprint density at radius 3 is 2.52 bits per heavy atom. The number of benzene rings is 1. The zero-order chi connectivity index (χ0) is 18.5. The summed E-state index contributed by atoms with van der Waals surface area (Å²) in [7, 11) is 0. The van der Waals surface area contributed by atoms with Crippen LogP contribution >= 0.6 is 0 Å². The standard InChI is InChI=1S/C21H26N4O2/c26-21(25-14-12-24(13-15-25)18-8-10-22-11-9-18)23-17-4-3-7-20(16-17)27-19-5-1-2-6-19/h3-4,7-11,16,19H,1-2,5-6,12-15H2,(H,23,26). The van der Waals surface area contributed by atoms with Gasteiger partial charge in [-0.05, 0) is 49.9 Å². The van der Waals surface area contributed by atoms with E-state index < -0.39 is 0 Å². The number of piperazine rings is 1. The maximum absolute atomic E-state index is 12.6. The zero-order valence-electron chi connectivity index (χ0n) is 15.5. The fourth-order valence-corrected chi connectivity index (χ4v) is 3.77. The topological polar surface area (TPSA) is 57.7 Å². The smallest absolute Gasteiger partial charge is 0.321 e. The molecule has 0 unspecified atom stereocenters. The molecule has 2 aromatic rings. The van der Waals surface area contributed by atoms with Crippen molar-refractivity contribution in [1.29, 1.82) is 0 Å². The molecule has 2 fully saturated rings. The molecule has 1 N–H and O–H groups in total. The molecule has 2 aliphatic rings. The fraction of sp³-hybridized carbons (Fsp3) is 0.429. The van der Waals surface area contributed by atoms with Crippen LogP contribution in [0.5, 0.6) is 5.75 Å². The lowest BCUT2D eigenvalue weighted by molar-refractivity contribution is 0.208. The molecule has 0 spiro atoms. The minimum absolute atomic E-state index is 0.0533. The van der Waals surface area contributed by atoms with Gasteiger partial charge in [0.15, 0.2) is 0 Å². The third-order valence-electron chi connectivity index (χ3n) is 5.29. The van der Waals surface area contributed by atoms with E-state index >= 15 is 0 Å². The molecule has 1 saturated carbocycles. The average Bonchev–Trinajstić information content (AvgIpc) is 3.22. The lowest BCUT2D eigenvalue weighted by Gasteiger charge is -2.36. The number of rotatable bonds is 4. The monoisotopic (exact) mass is 366 g/mol. The second-order valence-corrected chi connectivity index (χ2v) is 7.16. The van der Waals surface area contributed by atoms with Gasteiger partial charge in [0.25, 0.3) is 0 Å². The highest BCUT2D eigenvalue weighted by Gasteiger charge is 2.22. The van der Waals surface area contributed by atoms with Gasteiger partial charge >= 0.3 is 6.03 Å². The molecule has 142 valence electrons. The van der Waals surface area contributed by atoms with Crippen LogP contribution in [0.1, 0.15) is 25.7 Å². The van der Waals surface area contributed by atoms with Gasteiger partial charge in [0.2, 0.25) is 0 Å². The minimum atomic E-state index is -0.0533. The van der Waals surface area contributed by atoms with Gasteiger partial charge < -0.3 is 19.9 Å². The first-order valence-electron chi connectivity index (χ1n) is 9.75. The number of nitrogens with one attached hydrogen (secondary N) is 1. The van der Waals surface area contributed by atoms with Crippen LogP contribution in [0.4, 0.5) is 16.2 Å². The number of anilines is 2. The maximum Gasteiger partial charge on any atom is 0.321 e. The van der Waals surface area contributed by atoms with Crippen LogP contribution < -0.4 is 15.0 Å². The Labute approximate surface area is 160 Å². The molecule has 27 heavy (non-hydrogen) atoms. The van der Waals surface area contributed by atoms with Crippen molar-refractivity contribution in [1.82, 2.24) is 9.88 Å². The Bertz CT molecular complexity index is 754. The molecule has 1 saturated heterocycles. The number of nitrogens with zero attached hydrogens (tertiary/aromatic N) is 3. The highest BCUT2D eigenvalue weighted by molar-refractivity contribution is 5.89. The Balaban J connectivity index is 1.30. The van der Waals surface area contributed by atoms with Crippen LogP contribution in [0.3, 0.4) is 0 Å². The Morgan fingerprint density at radius 1 is 1.04 bits per heavy atom. The van der Waals surface area contributed by atoms with E-state index in [1.54, 1.807) is 12.4 Å². The summed E-state index contributed by atoms with van der Waals surface area (Å²) >= 11 is 0. The summed E-state index contributed by atoms with van der Waals surface area (Å²) in [5.41, 5.74) is 1.94. The number of aromatic nitrogens is 1. The van der Waals surface area contributed by atoms with Crippen LogP contribution in [0.15, 0.2) is 48.8 Å². The van der Waals surface area contributed by atoms with Crippen molar-refractivity contribution in [3.05, 3.63) is 48.8 Å². The summed E-state index contributed by atoms with van der Waals surface area (Å²) in [5, 5.41) is 3.01. The molecule has 1 aliphatic carbocycles. The van der Waals surface area contributed by atoms with Gasteiger partial charge in [-0.1, -0.05) is 6.07 Å². The van der Waals surface area contributed by atoms with Gasteiger partial charge in [-0.3, -0.25) is 4.98 Å². The summed E-state index contributed by atoms with van der Waals surface area (Å²) in [6, 6.07) is 11.7. The number of amides is 2. The van der Waals surface area contributed by atoms with E-state index in [1.165, 1.54) is 12.8 Å². The molecule has 0 bridgehead atoms. The Hall–Kier alpha value is -2.76. The molecule has 1 aromatic carbocycles. The van der Waals surface area contributed by atoms with Crippen LogP contribution in [-0.2, 0) is 0 Å². The van der Waals surface area contributed by atoms with E-state index in [-0.39, 0.29) is 6.03 Å². The highest BCUT2D eigenvalue weighted by Crippen LogP contribution is 2.26. The summed E-state index contributed by atoms with van der Waals surface area (Å²) in [6.45, 7) is 3.05. The number of hydrogen-bond donors (Lipinski definition) is 1. The number of ether oxygens (including phenoxy) is 1. The van der Waals surface area contributed by atoms with Gasteiger partial charge in [-0.25, -0.2) is 4.79 Å². The third kappa shape index (κ3) is 4.51. The summed E-state index contributed by atoms with van der Waals surface area (Å²) in [5.74, 6) is 0.835. The Morgan fingerprint density at radius 2 is 1.78 bits per heavy atom. The van der Waals surface area contributed by atoms with Crippen LogP contribution in [0.25, 0.3) is 0 Å². The van der Waals surface area contributed by atoms with Crippen molar-refractivity contribution in [2.24, 2.45) is 0 Å². The number of pyridine rings is 1. The third-order valence-corrected chi connectivity index (χ3v) is 5.29. The zero-order valence-corrected chi connectivity index (χ0v) is 15.5. The van der Waals surface area contributed by atoms with Crippen LogP contribution in [-0.4, -0.2) is 48.2 Å².